The number of rotatable bonds is 6. The maximum atomic E-state index is 13.8. The van der Waals surface area contributed by atoms with Crippen molar-refractivity contribution in [3.63, 3.8) is 0 Å². The molecule has 182 valence electrons. The molecule has 0 radical (unpaired) electrons. The van der Waals surface area contributed by atoms with Crippen LogP contribution in [0, 0.1) is 0 Å². The van der Waals surface area contributed by atoms with E-state index in [0.717, 1.165) is 59.5 Å². The Morgan fingerprint density at radius 3 is 2.69 bits per heavy atom. The highest BCUT2D eigenvalue weighted by atomic mass is 16.5. The molecule has 6 rings (SSSR count). The second-order valence-electron chi connectivity index (χ2n) is 10.0. The number of H-pyrrole nitrogens is 1. The average molecular weight is 475 g/mol. The summed E-state index contributed by atoms with van der Waals surface area (Å²) >= 11 is 0. The van der Waals surface area contributed by atoms with Gasteiger partial charge in [-0.15, -0.1) is 0 Å². The molecule has 0 bridgehead atoms. The Hall–Kier alpha value is -3.52. The molecule has 3 aliphatic heterocycles. The lowest BCUT2D eigenvalue weighted by atomic mass is 9.81. The molecule has 0 aliphatic carbocycles. The molecule has 2 saturated heterocycles. The summed E-state index contributed by atoms with van der Waals surface area (Å²) in [5, 5.41) is 11.2. The first-order chi connectivity index (χ1) is 16.9. The van der Waals surface area contributed by atoms with Gasteiger partial charge < -0.3 is 19.7 Å². The van der Waals surface area contributed by atoms with Gasteiger partial charge in [-0.3, -0.25) is 14.6 Å². The molecule has 3 amide bonds. The van der Waals surface area contributed by atoms with Crippen LogP contribution in [-0.4, -0.2) is 75.6 Å². The Kier molecular flexibility index (Phi) is 5.03. The predicted octanol–water partition coefficient (Wildman–Crippen LogP) is 3.65. The Bertz CT molecular complexity index is 1330. The van der Waals surface area contributed by atoms with Crippen molar-refractivity contribution < 1.29 is 19.4 Å². The van der Waals surface area contributed by atoms with Crippen LogP contribution in [0.1, 0.15) is 42.6 Å². The minimum atomic E-state index is -1.02. The lowest BCUT2D eigenvalue weighted by molar-refractivity contribution is -0.133. The zero-order chi connectivity index (χ0) is 24.3. The molecule has 0 saturated carbocycles. The van der Waals surface area contributed by atoms with Gasteiger partial charge in [0.1, 0.15) is 23.1 Å². The Morgan fingerprint density at radius 2 is 1.97 bits per heavy atom. The van der Waals surface area contributed by atoms with Gasteiger partial charge in [-0.25, -0.2) is 4.79 Å². The maximum absolute atomic E-state index is 13.8. The number of carbonyl (C=O) groups is 2. The lowest BCUT2D eigenvalue weighted by Crippen LogP contribution is -2.53. The maximum Gasteiger partial charge on any atom is 0.328 e. The predicted molar refractivity (Wildman–Crippen MR) is 132 cm³/mol. The third kappa shape index (κ3) is 3.31. The molecule has 2 unspecified atom stereocenters. The largest absolute Gasteiger partial charge is 0.508 e. The number of fused-ring (bicyclic) bond motifs is 4. The molecule has 3 aliphatic rings. The van der Waals surface area contributed by atoms with Gasteiger partial charge in [-0.1, -0.05) is 12.1 Å². The number of nitrogens with zero attached hydrogens (tertiary/aromatic N) is 3. The second-order valence-corrected chi connectivity index (χ2v) is 10.0. The minimum Gasteiger partial charge on any atom is -0.508 e. The van der Waals surface area contributed by atoms with Crippen molar-refractivity contribution >= 4 is 22.8 Å². The molecule has 3 aromatic rings. The number of aromatic amines is 1. The molecule has 2 atom stereocenters. The highest BCUT2D eigenvalue weighted by Crippen LogP contribution is 2.49. The Morgan fingerprint density at radius 1 is 1.14 bits per heavy atom. The van der Waals surface area contributed by atoms with Crippen molar-refractivity contribution in [2.75, 3.05) is 33.3 Å². The molecule has 2 aromatic carbocycles. The van der Waals surface area contributed by atoms with Gasteiger partial charge in [0, 0.05) is 29.6 Å². The van der Waals surface area contributed by atoms with Crippen LogP contribution in [0.25, 0.3) is 10.9 Å². The van der Waals surface area contributed by atoms with E-state index in [1.54, 1.807) is 30.2 Å². The number of hydrogen-bond acceptors (Lipinski definition) is 5. The zero-order valence-electron chi connectivity index (χ0n) is 20.1. The number of aromatic hydroxyl groups is 1. The van der Waals surface area contributed by atoms with Crippen LogP contribution >= 0.6 is 0 Å². The van der Waals surface area contributed by atoms with Crippen molar-refractivity contribution in [1.82, 2.24) is 19.7 Å². The number of ether oxygens (including phenoxy) is 1. The van der Waals surface area contributed by atoms with Gasteiger partial charge in [-0.2, -0.15) is 0 Å². The van der Waals surface area contributed by atoms with Crippen LogP contribution in [0.5, 0.6) is 11.5 Å². The van der Waals surface area contributed by atoms with Gasteiger partial charge in [0.25, 0.3) is 5.91 Å². The first-order valence-electron chi connectivity index (χ1n) is 12.3. The number of urea groups is 1. The summed E-state index contributed by atoms with van der Waals surface area (Å²) in [5.74, 6) is 0.708. The second kappa shape index (κ2) is 8.02. The SMILES string of the molecule is COc1ccc2[nH]c3c(c2c1)CC1(C)C(=O)N(CCCN2CCC2)C(=O)N1C3c1cccc(O)c1. The van der Waals surface area contributed by atoms with E-state index in [1.165, 1.54) is 11.3 Å². The first-order valence-corrected chi connectivity index (χ1v) is 12.3. The highest BCUT2D eigenvalue weighted by molar-refractivity contribution is 6.08. The third-order valence-electron chi connectivity index (χ3n) is 7.86. The van der Waals surface area contributed by atoms with E-state index in [1.807, 2.05) is 31.2 Å². The van der Waals surface area contributed by atoms with Crippen molar-refractivity contribution in [3.05, 3.63) is 59.3 Å². The Balaban J connectivity index is 1.45. The summed E-state index contributed by atoms with van der Waals surface area (Å²) in [6.45, 7) is 5.37. The van der Waals surface area contributed by atoms with Gasteiger partial charge in [0.2, 0.25) is 0 Å². The number of imide groups is 1. The van der Waals surface area contributed by atoms with E-state index >= 15 is 0 Å². The van der Waals surface area contributed by atoms with Gasteiger partial charge in [-0.05, 0) is 80.9 Å². The fourth-order valence-corrected chi connectivity index (χ4v) is 5.92. The van der Waals surface area contributed by atoms with E-state index in [4.69, 9.17) is 4.74 Å². The number of amides is 3. The molecule has 1 aromatic heterocycles. The van der Waals surface area contributed by atoms with E-state index in [0.29, 0.717) is 13.0 Å². The van der Waals surface area contributed by atoms with Crippen molar-refractivity contribution in [2.24, 2.45) is 0 Å². The molecule has 8 nitrogen and oxygen atoms in total. The summed E-state index contributed by atoms with van der Waals surface area (Å²) in [7, 11) is 1.64. The molecule has 2 N–H and O–H groups in total. The van der Waals surface area contributed by atoms with Gasteiger partial charge in [0.15, 0.2) is 0 Å². The fraction of sp³-hybridized carbons (Fsp3) is 0.407. The number of carbonyl (C=O) groups excluding carboxylic acids is 2. The highest BCUT2D eigenvalue weighted by Gasteiger charge is 2.60. The van der Waals surface area contributed by atoms with Crippen LogP contribution in [0.15, 0.2) is 42.5 Å². The van der Waals surface area contributed by atoms with Crippen LogP contribution in [0.2, 0.25) is 0 Å². The number of phenolic OH excluding ortho intramolecular Hbond substituents is 1. The summed E-state index contributed by atoms with van der Waals surface area (Å²) in [5.41, 5.74) is 2.56. The standard InChI is InChI=1S/C27H30N4O4/c1-27-16-21-20-15-19(35-2)8-9-22(20)28-23(21)24(17-6-3-7-18(32)14-17)31(27)26(34)30(25(27)33)13-5-12-29-10-4-11-29/h3,6-9,14-15,24,28,32H,4-5,10-13,16H2,1-2H3. The number of methoxy groups -OCH3 is 1. The number of likely N-dealkylation sites (tertiary alicyclic amines) is 1. The van der Waals surface area contributed by atoms with Crippen molar-refractivity contribution in [1.29, 1.82) is 0 Å². The van der Waals surface area contributed by atoms with Gasteiger partial charge >= 0.3 is 6.03 Å². The molecule has 35 heavy (non-hydrogen) atoms. The average Bonchev–Trinajstić information content (AvgIpc) is 3.26. The normalized spacial score (nSPS) is 24.0. The number of nitrogens with one attached hydrogen (secondary N) is 1. The van der Waals surface area contributed by atoms with Crippen LogP contribution < -0.4 is 4.74 Å². The Labute approximate surface area is 204 Å². The van der Waals surface area contributed by atoms with E-state index in [2.05, 4.69) is 9.88 Å². The quantitative estimate of drug-likeness (QED) is 0.533. The summed E-state index contributed by atoms with van der Waals surface area (Å²) in [4.78, 5) is 36.7. The monoisotopic (exact) mass is 474 g/mol. The van der Waals surface area contributed by atoms with Gasteiger partial charge in [0.05, 0.1) is 7.11 Å². The zero-order valence-corrected chi connectivity index (χ0v) is 20.1. The van der Waals surface area contributed by atoms with Crippen LogP contribution in [0.4, 0.5) is 4.79 Å². The third-order valence-corrected chi connectivity index (χ3v) is 7.86. The fourth-order valence-electron chi connectivity index (χ4n) is 5.92. The molecule has 8 heteroatoms. The molecule has 4 heterocycles. The number of phenols is 1. The van der Waals surface area contributed by atoms with E-state index < -0.39 is 11.6 Å². The van der Waals surface area contributed by atoms with Crippen molar-refractivity contribution in [3.8, 4) is 11.5 Å². The molecular weight excluding hydrogens is 444 g/mol. The summed E-state index contributed by atoms with van der Waals surface area (Å²) < 4.78 is 5.46. The molecule has 0 spiro atoms. The minimum absolute atomic E-state index is 0.124. The van der Waals surface area contributed by atoms with Crippen molar-refractivity contribution in [2.45, 2.75) is 37.8 Å². The lowest BCUT2D eigenvalue weighted by Gasteiger charge is -2.42. The van der Waals surface area contributed by atoms with E-state index in [9.17, 15) is 14.7 Å². The van der Waals surface area contributed by atoms with Crippen LogP contribution in [-0.2, 0) is 11.2 Å². The molecule has 2 fully saturated rings. The number of hydrogen-bond donors (Lipinski definition) is 2. The van der Waals surface area contributed by atoms with Crippen LogP contribution in [0.3, 0.4) is 0 Å². The summed E-state index contributed by atoms with van der Waals surface area (Å²) in [6.07, 6.45) is 2.40. The number of benzene rings is 2. The first kappa shape index (κ1) is 22.0. The topological polar surface area (TPSA) is 89.1 Å². The summed E-state index contributed by atoms with van der Waals surface area (Å²) in [6, 6.07) is 12.0. The molecular formula is C27H30N4O4. The smallest absolute Gasteiger partial charge is 0.328 e. The van der Waals surface area contributed by atoms with E-state index in [-0.39, 0.29) is 17.7 Å². The number of aromatic nitrogens is 1.